The van der Waals surface area contributed by atoms with E-state index < -0.39 is 30.6 Å². The van der Waals surface area contributed by atoms with Crippen LogP contribution in [0.4, 0.5) is 0 Å². The Kier molecular flexibility index (Phi) is 8.66. The molecular weight excluding hydrogens is 436 g/mol. The molecule has 1 heterocycles. The number of ether oxygens (including phenoxy) is 3. The average Bonchev–Trinajstić information content (AvgIpc) is 2.75. The molecule has 190 valence electrons. The van der Waals surface area contributed by atoms with Gasteiger partial charge in [0, 0.05) is 12.5 Å². The van der Waals surface area contributed by atoms with Crippen LogP contribution in [-0.2, 0) is 14.3 Å². The molecule has 1 aromatic carbocycles. The lowest BCUT2D eigenvalue weighted by atomic mass is 9.70. The van der Waals surface area contributed by atoms with E-state index in [0.717, 1.165) is 36.8 Å². The molecule has 1 aliphatic heterocycles. The van der Waals surface area contributed by atoms with E-state index in [4.69, 9.17) is 14.2 Å². The van der Waals surface area contributed by atoms with Crippen LogP contribution in [0.15, 0.2) is 17.7 Å². The van der Waals surface area contributed by atoms with Crippen LogP contribution in [0.2, 0.25) is 0 Å². The Labute approximate surface area is 202 Å². The van der Waals surface area contributed by atoms with Gasteiger partial charge in [-0.25, -0.2) is 0 Å². The molecule has 0 saturated carbocycles. The molecule has 1 aliphatic carbocycles. The Morgan fingerprint density at radius 2 is 1.94 bits per heavy atom. The number of allylic oxidation sites excluding steroid dienone is 2. The first-order chi connectivity index (χ1) is 16.0. The van der Waals surface area contributed by atoms with E-state index in [0.29, 0.717) is 11.8 Å². The van der Waals surface area contributed by atoms with E-state index in [1.165, 1.54) is 18.1 Å². The van der Waals surface area contributed by atoms with Gasteiger partial charge in [0.15, 0.2) is 17.6 Å². The number of benzene rings is 1. The van der Waals surface area contributed by atoms with Crippen molar-refractivity contribution < 1.29 is 34.3 Å². The predicted molar refractivity (Wildman–Crippen MR) is 129 cm³/mol. The third kappa shape index (κ3) is 5.75. The van der Waals surface area contributed by atoms with E-state index in [-0.39, 0.29) is 24.0 Å². The zero-order chi connectivity index (χ0) is 25.2. The highest BCUT2D eigenvalue weighted by Gasteiger charge is 2.42. The number of aromatic hydroxyl groups is 1. The van der Waals surface area contributed by atoms with Crippen molar-refractivity contribution in [1.82, 2.24) is 0 Å². The first kappa shape index (κ1) is 26.5. The molecule has 7 heteroatoms. The summed E-state index contributed by atoms with van der Waals surface area (Å²) in [6.07, 6.45) is 1.51. The minimum Gasteiger partial charge on any atom is -0.504 e. The Bertz CT molecular complexity index is 905. The van der Waals surface area contributed by atoms with Gasteiger partial charge in [-0.05, 0) is 75.3 Å². The fourth-order valence-corrected chi connectivity index (χ4v) is 5.26. The Hall–Kier alpha value is -2.09. The van der Waals surface area contributed by atoms with E-state index in [1.807, 2.05) is 6.92 Å². The number of hydrogen-bond acceptors (Lipinski definition) is 7. The average molecular weight is 477 g/mol. The topological polar surface area (TPSA) is 105 Å². The summed E-state index contributed by atoms with van der Waals surface area (Å²) >= 11 is 0. The van der Waals surface area contributed by atoms with E-state index in [2.05, 4.69) is 39.8 Å². The highest BCUT2D eigenvalue weighted by atomic mass is 16.7. The molecule has 3 rings (SSSR count). The van der Waals surface area contributed by atoms with Gasteiger partial charge < -0.3 is 29.5 Å². The van der Waals surface area contributed by atoms with Gasteiger partial charge in [0.2, 0.25) is 6.29 Å². The predicted octanol–water partition coefficient (Wildman–Crippen LogP) is 4.45. The molecule has 1 aromatic rings. The van der Waals surface area contributed by atoms with Gasteiger partial charge in [-0.15, -0.1) is 0 Å². The van der Waals surface area contributed by atoms with Crippen LogP contribution < -0.4 is 4.74 Å². The van der Waals surface area contributed by atoms with Crippen molar-refractivity contribution in [2.75, 3.05) is 6.61 Å². The molecule has 1 saturated heterocycles. The second-order valence-electron chi connectivity index (χ2n) is 10.2. The van der Waals surface area contributed by atoms with E-state index in [9.17, 15) is 20.1 Å². The SMILES string of the molecule is CC(=O)O[C@@H]1CO[C@@H](Oc2c(C)cc3c(c2O)[C@@H](C)CC[C@@H]3[C@@H](C)CCC=C(C)C)[C@@H](O)[C@@H]1O. The number of phenols is 1. The molecule has 0 bridgehead atoms. The van der Waals surface area contributed by atoms with Gasteiger partial charge in [0.25, 0.3) is 0 Å². The number of phenolic OH excluding ortho intramolecular Hbond substituents is 1. The second-order valence-corrected chi connectivity index (χ2v) is 10.2. The van der Waals surface area contributed by atoms with Gasteiger partial charge >= 0.3 is 5.97 Å². The van der Waals surface area contributed by atoms with Crippen molar-refractivity contribution in [3.05, 3.63) is 34.4 Å². The highest BCUT2D eigenvalue weighted by Crippen LogP contribution is 2.51. The smallest absolute Gasteiger partial charge is 0.303 e. The lowest BCUT2D eigenvalue weighted by Gasteiger charge is -2.38. The first-order valence-electron chi connectivity index (χ1n) is 12.3. The lowest BCUT2D eigenvalue weighted by molar-refractivity contribution is -0.248. The first-order valence-corrected chi connectivity index (χ1v) is 12.3. The van der Waals surface area contributed by atoms with Crippen molar-refractivity contribution in [2.45, 2.75) is 104 Å². The van der Waals surface area contributed by atoms with Crippen molar-refractivity contribution in [3.8, 4) is 11.5 Å². The van der Waals surface area contributed by atoms with Crippen molar-refractivity contribution >= 4 is 5.97 Å². The zero-order valence-corrected chi connectivity index (χ0v) is 21.2. The Morgan fingerprint density at radius 3 is 2.59 bits per heavy atom. The summed E-state index contributed by atoms with van der Waals surface area (Å²) in [5.74, 6) is 0.778. The largest absolute Gasteiger partial charge is 0.504 e. The summed E-state index contributed by atoms with van der Waals surface area (Å²) < 4.78 is 16.5. The van der Waals surface area contributed by atoms with Crippen molar-refractivity contribution in [3.63, 3.8) is 0 Å². The Balaban J connectivity index is 1.83. The molecule has 0 radical (unpaired) electrons. The maximum atomic E-state index is 11.3. The highest BCUT2D eigenvalue weighted by molar-refractivity contribution is 5.66. The van der Waals surface area contributed by atoms with Crippen molar-refractivity contribution in [2.24, 2.45) is 5.92 Å². The minimum absolute atomic E-state index is 0.0797. The normalized spacial score (nSPS) is 29.6. The van der Waals surface area contributed by atoms with Gasteiger partial charge in [-0.1, -0.05) is 31.6 Å². The van der Waals surface area contributed by atoms with E-state index in [1.54, 1.807) is 0 Å². The number of hydrogen-bond donors (Lipinski definition) is 3. The number of carbonyl (C=O) groups excluding carboxylic acids is 1. The number of aliphatic hydroxyl groups is 2. The number of carbonyl (C=O) groups is 1. The van der Waals surface area contributed by atoms with Gasteiger partial charge in [-0.3, -0.25) is 4.79 Å². The van der Waals surface area contributed by atoms with Crippen LogP contribution in [0.1, 0.15) is 88.8 Å². The molecule has 0 aromatic heterocycles. The monoisotopic (exact) mass is 476 g/mol. The number of aryl methyl sites for hydroxylation is 1. The maximum absolute atomic E-state index is 11.3. The fraction of sp³-hybridized carbons (Fsp3) is 0.667. The van der Waals surface area contributed by atoms with Crippen LogP contribution in [0.5, 0.6) is 11.5 Å². The standard InChI is InChI=1S/C27H40O7/c1-14(2)8-7-9-15(3)19-11-10-16(4)22-20(19)12-17(5)26(24(22)30)34-27-25(31)23(29)21(13-32-27)33-18(6)28/h8,12,15-16,19,21,23,25,27,29-31H,7,9-11,13H2,1-6H3/t15-,16-,19+,21+,23+,25-,27-/m0/s1. The maximum Gasteiger partial charge on any atom is 0.303 e. The molecule has 7 nitrogen and oxygen atoms in total. The van der Waals surface area contributed by atoms with Gasteiger partial charge in [0.1, 0.15) is 12.2 Å². The molecule has 7 atom stereocenters. The summed E-state index contributed by atoms with van der Waals surface area (Å²) in [4.78, 5) is 11.2. The molecule has 2 aliphatic rings. The number of esters is 1. The number of rotatable bonds is 7. The Morgan fingerprint density at radius 1 is 1.24 bits per heavy atom. The molecule has 0 amide bonds. The lowest BCUT2D eigenvalue weighted by Crippen LogP contribution is -2.56. The summed E-state index contributed by atoms with van der Waals surface area (Å²) in [7, 11) is 0. The van der Waals surface area contributed by atoms with Crippen LogP contribution in [-0.4, -0.2) is 52.5 Å². The van der Waals surface area contributed by atoms with Crippen LogP contribution >= 0.6 is 0 Å². The summed E-state index contributed by atoms with van der Waals surface area (Å²) in [6.45, 7) is 11.6. The number of fused-ring (bicyclic) bond motifs is 1. The molecule has 1 fully saturated rings. The zero-order valence-electron chi connectivity index (χ0n) is 21.2. The fourth-order valence-electron chi connectivity index (χ4n) is 5.26. The van der Waals surface area contributed by atoms with Crippen LogP contribution in [0.3, 0.4) is 0 Å². The van der Waals surface area contributed by atoms with Crippen LogP contribution in [0.25, 0.3) is 0 Å². The summed E-state index contributed by atoms with van der Waals surface area (Å²) in [5, 5.41) is 32.2. The van der Waals surface area contributed by atoms with Gasteiger partial charge in [0.05, 0.1) is 6.61 Å². The third-order valence-electron chi connectivity index (χ3n) is 7.16. The minimum atomic E-state index is -1.44. The van der Waals surface area contributed by atoms with Crippen molar-refractivity contribution in [1.29, 1.82) is 0 Å². The molecule has 3 N–H and O–H groups in total. The quantitative estimate of drug-likeness (QED) is 0.394. The summed E-state index contributed by atoms with van der Waals surface area (Å²) in [5.41, 5.74) is 4.15. The summed E-state index contributed by atoms with van der Waals surface area (Å²) in [6, 6.07) is 2.09. The molecular formula is C27H40O7. The van der Waals surface area contributed by atoms with Crippen LogP contribution in [0, 0.1) is 12.8 Å². The molecule has 0 unspecified atom stereocenters. The third-order valence-corrected chi connectivity index (χ3v) is 7.16. The second kappa shape index (κ2) is 11.1. The molecule has 34 heavy (non-hydrogen) atoms. The molecule has 0 spiro atoms. The van der Waals surface area contributed by atoms with Gasteiger partial charge in [-0.2, -0.15) is 0 Å². The number of aliphatic hydroxyl groups excluding tert-OH is 2. The van der Waals surface area contributed by atoms with E-state index >= 15 is 0 Å².